The van der Waals surface area contributed by atoms with Gasteiger partial charge in [-0.05, 0) is 91.1 Å². The van der Waals surface area contributed by atoms with Gasteiger partial charge in [0.2, 0.25) is 0 Å². The van der Waals surface area contributed by atoms with Crippen LogP contribution < -0.4 is 5.56 Å². The highest BCUT2D eigenvalue weighted by atomic mass is 16.5. The second-order valence-corrected chi connectivity index (χ2v) is 10.8. The fourth-order valence-corrected chi connectivity index (χ4v) is 5.96. The molecule has 0 radical (unpaired) electrons. The van der Waals surface area contributed by atoms with Crippen LogP contribution in [0, 0.1) is 13.8 Å². The van der Waals surface area contributed by atoms with Gasteiger partial charge < -0.3 is 9.72 Å². The fourth-order valence-electron chi connectivity index (χ4n) is 5.96. The lowest BCUT2D eigenvalue weighted by Crippen LogP contribution is -2.38. The first-order chi connectivity index (χ1) is 17.5. The Morgan fingerprint density at radius 3 is 2.67 bits per heavy atom. The average Bonchev–Trinajstić information content (AvgIpc) is 3.57. The minimum absolute atomic E-state index is 0.0229. The molecule has 2 aromatic heterocycles. The molecule has 0 amide bonds. The lowest BCUT2D eigenvalue weighted by Gasteiger charge is -2.33. The first-order valence-electron chi connectivity index (χ1n) is 13.8. The summed E-state index contributed by atoms with van der Waals surface area (Å²) in [6, 6.07) is 6.70. The molecule has 8 heteroatoms. The number of ether oxygens (including phenoxy) is 1. The van der Waals surface area contributed by atoms with Gasteiger partial charge in [0.1, 0.15) is 0 Å². The number of tetrazole rings is 1. The van der Waals surface area contributed by atoms with Crippen LogP contribution in [0.5, 0.6) is 0 Å². The van der Waals surface area contributed by atoms with Crippen molar-refractivity contribution in [2.45, 2.75) is 103 Å². The number of aryl methyl sites for hydroxylation is 2. The molecule has 3 aromatic rings. The number of nitrogens with zero attached hydrogens (tertiary/aromatic N) is 5. The summed E-state index contributed by atoms with van der Waals surface area (Å²) in [7, 11) is 0. The van der Waals surface area contributed by atoms with Gasteiger partial charge >= 0.3 is 0 Å². The third-order valence-electron chi connectivity index (χ3n) is 8.11. The van der Waals surface area contributed by atoms with E-state index in [4.69, 9.17) is 4.74 Å². The van der Waals surface area contributed by atoms with Gasteiger partial charge in [0, 0.05) is 30.8 Å². The molecule has 2 atom stereocenters. The van der Waals surface area contributed by atoms with Gasteiger partial charge in [0.05, 0.1) is 18.2 Å². The molecule has 1 aliphatic heterocycles. The molecule has 2 fully saturated rings. The summed E-state index contributed by atoms with van der Waals surface area (Å²) in [5, 5.41) is 14.3. The second kappa shape index (κ2) is 11.2. The number of aromatic amines is 1. The minimum atomic E-state index is -0.0229. The van der Waals surface area contributed by atoms with Gasteiger partial charge in [-0.1, -0.05) is 32.6 Å². The summed E-state index contributed by atoms with van der Waals surface area (Å²) >= 11 is 0. The maximum absolute atomic E-state index is 13.2. The smallest absolute Gasteiger partial charge is 0.252 e. The number of hydrogen-bond donors (Lipinski definition) is 1. The molecule has 2 aliphatic rings. The van der Waals surface area contributed by atoms with Crippen LogP contribution in [-0.4, -0.2) is 49.3 Å². The lowest BCUT2D eigenvalue weighted by atomic mass is 9.95. The Labute approximate surface area is 213 Å². The molecule has 8 nitrogen and oxygen atoms in total. The molecule has 1 aromatic carbocycles. The Balaban J connectivity index is 1.51. The van der Waals surface area contributed by atoms with Crippen molar-refractivity contribution in [3.8, 4) is 0 Å². The topological polar surface area (TPSA) is 88.9 Å². The van der Waals surface area contributed by atoms with E-state index in [1.807, 2.05) is 0 Å². The van der Waals surface area contributed by atoms with Crippen molar-refractivity contribution in [2.24, 2.45) is 0 Å². The van der Waals surface area contributed by atoms with E-state index in [1.54, 1.807) is 0 Å². The van der Waals surface area contributed by atoms with Crippen LogP contribution in [-0.2, 0) is 11.3 Å². The third kappa shape index (κ3) is 5.39. The van der Waals surface area contributed by atoms with E-state index in [0.717, 1.165) is 74.0 Å². The number of fused-ring (bicyclic) bond motifs is 1. The number of pyridine rings is 1. The normalized spacial score (nSPS) is 19.9. The molecule has 1 N–H and O–H groups in total. The van der Waals surface area contributed by atoms with Gasteiger partial charge in [-0.15, -0.1) is 5.10 Å². The van der Waals surface area contributed by atoms with E-state index in [1.165, 1.54) is 30.4 Å². The highest BCUT2D eigenvalue weighted by Gasteiger charge is 2.32. The van der Waals surface area contributed by atoms with Crippen LogP contribution in [0.3, 0.4) is 0 Å². The average molecular weight is 493 g/mol. The summed E-state index contributed by atoms with van der Waals surface area (Å²) in [4.78, 5) is 18.8. The predicted octanol–water partition coefficient (Wildman–Crippen LogP) is 5.16. The molecular weight excluding hydrogens is 452 g/mol. The predicted molar refractivity (Wildman–Crippen MR) is 141 cm³/mol. The van der Waals surface area contributed by atoms with Crippen LogP contribution in [0.4, 0.5) is 0 Å². The van der Waals surface area contributed by atoms with Crippen LogP contribution in [0.15, 0.2) is 23.0 Å². The fraction of sp³-hybridized carbons (Fsp3) is 0.643. The zero-order valence-electron chi connectivity index (χ0n) is 22.0. The quantitative estimate of drug-likeness (QED) is 0.444. The van der Waals surface area contributed by atoms with Crippen molar-refractivity contribution in [2.75, 3.05) is 13.2 Å². The number of aromatic nitrogens is 5. The van der Waals surface area contributed by atoms with Crippen LogP contribution >= 0.6 is 0 Å². The van der Waals surface area contributed by atoms with Crippen molar-refractivity contribution in [3.63, 3.8) is 0 Å². The van der Waals surface area contributed by atoms with E-state index in [0.29, 0.717) is 12.6 Å². The van der Waals surface area contributed by atoms with Crippen LogP contribution in [0.2, 0.25) is 0 Å². The van der Waals surface area contributed by atoms with Crippen molar-refractivity contribution >= 4 is 10.9 Å². The van der Waals surface area contributed by atoms with Crippen molar-refractivity contribution < 1.29 is 4.74 Å². The first kappa shape index (κ1) is 25.1. The Morgan fingerprint density at radius 1 is 1.11 bits per heavy atom. The van der Waals surface area contributed by atoms with E-state index in [2.05, 4.69) is 69.1 Å². The van der Waals surface area contributed by atoms with Crippen molar-refractivity contribution in [3.05, 3.63) is 51.1 Å². The zero-order valence-corrected chi connectivity index (χ0v) is 22.0. The maximum Gasteiger partial charge on any atom is 0.252 e. The number of rotatable bonds is 9. The summed E-state index contributed by atoms with van der Waals surface area (Å²) in [6.07, 6.45) is 10.3. The van der Waals surface area contributed by atoms with Gasteiger partial charge in [-0.3, -0.25) is 9.69 Å². The van der Waals surface area contributed by atoms with Gasteiger partial charge in [0.15, 0.2) is 5.82 Å². The monoisotopic (exact) mass is 492 g/mol. The maximum atomic E-state index is 13.2. The summed E-state index contributed by atoms with van der Waals surface area (Å²) in [5.74, 6) is 0.936. The first-order valence-corrected chi connectivity index (χ1v) is 13.8. The molecular formula is C28H40N6O2. The lowest BCUT2D eigenvalue weighted by molar-refractivity contribution is 0.0468. The second-order valence-electron chi connectivity index (χ2n) is 10.8. The number of H-pyrrole nitrogens is 1. The highest BCUT2D eigenvalue weighted by Crippen LogP contribution is 2.33. The molecule has 2 unspecified atom stereocenters. The number of hydrogen-bond acceptors (Lipinski definition) is 6. The molecule has 0 bridgehead atoms. The van der Waals surface area contributed by atoms with E-state index < -0.39 is 0 Å². The highest BCUT2D eigenvalue weighted by molar-refractivity contribution is 5.80. The molecule has 0 spiro atoms. The van der Waals surface area contributed by atoms with Crippen LogP contribution in [0.25, 0.3) is 10.9 Å². The van der Waals surface area contributed by atoms with Crippen LogP contribution in [0.1, 0.15) is 99.3 Å². The van der Waals surface area contributed by atoms with Crippen molar-refractivity contribution in [1.82, 2.24) is 30.1 Å². The van der Waals surface area contributed by atoms with Gasteiger partial charge in [-0.25, -0.2) is 4.68 Å². The molecule has 1 saturated carbocycles. The standard InChI is InChI=1S/C28H40N6O2/c1-4-9-26(27-30-31-32-34(27)23-10-6-5-7-11-23)33(18-24-12-8-13-36-24)17-22-16-21-14-19(2)20(3)15-25(21)29-28(22)35/h14-16,23-24,26H,4-13,17-18H2,1-3H3,(H,29,35). The number of nitrogens with one attached hydrogen (secondary N) is 1. The SMILES string of the molecule is CCCC(c1nnnn1C1CCCCC1)N(Cc1cc2cc(C)c(C)cc2[nH]c1=O)CC1CCCO1. The Morgan fingerprint density at radius 2 is 1.92 bits per heavy atom. The third-order valence-corrected chi connectivity index (χ3v) is 8.11. The molecule has 1 saturated heterocycles. The summed E-state index contributed by atoms with van der Waals surface area (Å²) in [5.41, 5.74) is 4.06. The molecule has 194 valence electrons. The molecule has 5 rings (SSSR count). The molecule has 1 aliphatic carbocycles. The number of benzene rings is 1. The molecule has 36 heavy (non-hydrogen) atoms. The van der Waals surface area contributed by atoms with E-state index in [-0.39, 0.29) is 17.7 Å². The Kier molecular flexibility index (Phi) is 7.82. The Hall–Kier alpha value is -2.58. The van der Waals surface area contributed by atoms with Gasteiger partial charge in [-0.2, -0.15) is 0 Å². The van der Waals surface area contributed by atoms with E-state index >= 15 is 0 Å². The largest absolute Gasteiger partial charge is 0.377 e. The van der Waals surface area contributed by atoms with Gasteiger partial charge in [0.25, 0.3) is 5.56 Å². The van der Waals surface area contributed by atoms with E-state index in [9.17, 15) is 4.79 Å². The summed E-state index contributed by atoms with van der Waals surface area (Å²) in [6.45, 7) is 8.53. The molecule has 3 heterocycles. The Bertz CT molecular complexity index is 1220. The van der Waals surface area contributed by atoms with Crippen molar-refractivity contribution in [1.29, 1.82) is 0 Å². The summed E-state index contributed by atoms with van der Waals surface area (Å²) < 4.78 is 8.15. The minimum Gasteiger partial charge on any atom is -0.377 e. The zero-order chi connectivity index (χ0) is 25.1.